The second-order valence-corrected chi connectivity index (χ2v) is 31.7. The second-order valence-electron chi connectivity index (χ2n) is 28.3. The molecule has 0 amide bonds. The van der Waals surface area contributed by atoms with Crippen LogP contribution in [0.4, 0.5) is 100.0 Å². The lowest BCUT2D eigenvalue weighted by Crippen LogP contribution is -2.42. The summed E-state index contributed by atoms with van der Waals surface area (Å²) in [6.45, 7) is 6.06. The predicted octanol–water partition coefficient (Wildman–Crippen LogP) is 22.5. The molecule has 12 rings (SSSR count). The van der Waals surface area contributed by atoms with E-state index < -0.39 is 71.8 Å². The fraction of sp³-hybridized carbons (Fsp3) is 0.233. The smallest absolute Gasteiger partial charge is 0.406 e. The number of halogens is 16. The summed E-state index contributed by atoms with van der Waals surface area (Å²) in [5, 5.41) is 61.3. The van der Waals surface area contributed by atoms with Gasteiger partial charge < -0.3 is 49.6 Å². The Morgan fingerprint density at radius 3 is 1.31 bits per heavy atom. The van der Waals surface area contributed by atoms with Crippen LogP contribution in [0.3, 0.4) is 0 Å². The lowest BCUT2D eigenvalue weighted by atomic mass is 9.92. The zero-order chi connectivity index (χ0) is 90.8. The summed E-state index contributed by atoms with van der Waals surface area (Å²) >= 11 is 10.5. The fourth-order valence-corrected chi connectivity index (χ4v) is 16.8. The number of aryl methyl sites for hydroxylation is 1. The summed E-state index contributed by atoms with van der Waals surface area (Å²) in [6, 6.07) is 45.8. The number of para-hydroxylation sites is 1. The van der Waals surface area contributed by atoms with Gasteiger partial charge in [0.2, 0.25) is 0 Å². The number of rotatable bonds is 27. The van der Waals surface area contributed by atoms with E-state index in [0.717, 1.165) is 94.8 Å². The van der Waals surface area contributed by atoms with Crippen LogP contribution < -0.4 is 49.6 Å². The average molecular weight is 1840 g/mol. The Bertz CT molecular complexity index is 5680. The SMILES string of the molecule is CCc1ccc(CC2CS/C(=N\N=C\c3ccc(C(=N)N=CNc4ccc(OC(F)(F)F)cc4)cc3)N(c3ccc(CC4CS/C(=N\N=C\c5ccc(C(=N)N=CNc6ccc(OC(F)(F)F)cc6)cc5)N(c5c(Cl)cccc5C(F)(F)F)C4)cc3OC(F)(F)F)C2)c(C)c1N1/C(=N/N=C/c2ccc(C(=N)N=CNc3ccc(OC(F)(F)F)cc3)cc2)SCCC1C. The van der Waals surface area contributed by atoms with Crippen molar-refractivity contribution in [3.63, 3.8) is 0 Å². The average Bonchev–Trinajstić information content (AvgIpc) is 0.757. The largest absolute Gasteiger partial charge is 0.573 e. The Labute approximate surface area is 734 Å². The maximum absolute atomic E-state index is 15.1. The number of anilines is 6. The molecule has 3 unspecified atom stereocenters. The Kier molecular flexibility index (Phi) is 30.6. The molecule has 0 aromatic heterocycles. The van der Waals surface area contributed by atoms with Crippen LogP contribution in [0, 0.1) is 35.0 Å². The molecule has 3 aliphatic heterocycles. The van der Waals surface area contributed by atoms with E-state index in [2.05, 4.69) is 88.5 Å². The number of aliphatic imine (C=N–C) groups is 3. The van der Waals surface area contributed by atoms with Gasteiger partial charge in [-0.3, -0.25) is 16.2 Å². The Morgan fingerprint density at radius 1 is 0.472 bits per heavy atom. The first kappa shape index (κ1) is 93.5. The van der Waals surface area contributed by atoms with Gasteiger partial charge in [-0.25, -0.2) is 15.0 Å². The topological polar surface area (TPSA) is 266 Å². The molecule has 3 fully saturated rings. The quantitative estimate of drug-likeness (QED) is 0.0121. The minimum Gasteiger partial charge on any atom is -0.406 e. The van der Waals surface area contributed by atoms with Gasteiger partial charge in [0.05, 0.1) is 59.6 Å². The predicted molar refractivity (Wildman–Crippen MR) is 474 cm³/mol. The van der Waals surface area contributed by atoms with Crippen LogP contribution in [0.25, 0.3) is 0 Å². The van der Waals surface area contributed by atoms with E-state index in [1.54, 1.807) is 90.0 Å². The van der Waals surface area contributed by atoms with Gasteiger partial charge in [-0.05, 0) is 187 Å². The van der Waals surface area contributed by atoms with Crippen LogP contribution in [0.1, 0.15) is 81.5 Å². The van der Waals surface area contributed by atoms with E-state index in [1.807, 2.05) is 19.9 Å². The van der Waals surface area contributed by atoms with Gasteiger partial charge in [0.15, 0.2) is 38.8 Å². The van der Waals surface area contributed by atoms with Gasteiger partial charge in [0, 0.05) is 75.8 Å². The normalized spacial score (nSPS) is 17.4. The highest BCUT2D eigenvalue weighted by molar-refractivity contribution is 8.14. The molecular formula is C86H74ClF15N18O4S3. The molecule has 9 aromatic carbocycles. The monoisotopic (exact) mass is 1840 g/mol. The summed E-state index contributed by atoms with van der Waals surface area (Å²) in [5.74, 6) is -1.89. The number of alkyl halides is 15. The molecule has 0 radical (unpaired) electrons. The molecule has 662 valence electrons. The minimum absolute atomic E-state index is 0.00277. The van der Waals surface area contributed by atoms with E-state index in [-0.39, 0.29) is 75.8 Å². The highest BCUT2D eigenvalue weighted by Gasteiger charge is 2.41. The van der Waals surface area contributed by atoms with Crippen molar-refractivity contribution >= 4 is 152 Å². The molecule has 3 saturated heterocycles. The first-order valence-corrected chi connectivity index (χ1v) is 41.7. The van der Waals surface area contributed by atoms with Gasteiger partial charge in [-0.1, -0.05) is 151 Å². The zero-order valence-electron chi connectivity index (χ0n) is 66.8. The summed E-state index contributed by atoms with van der Waals surface area (Å²) in [5.41, 5.74) is 6.48. The van der Waals surface area contributed by atoms with Gasteiger partial charge in [-0.2, -0.15) is 28.5 Å². The molecule has 0 bridgehead atoms. The van der Waals surface area contributed by atoms with Gasteiger partial charge in [-0.15, -0.1) is 68.0 Å². The van der Waals surface area contributed by atoms with E-state index in [1.165, 1.54) is 114 Å². The number of hydrogen-bond donors (Lipinski definition) is 6. The summed E-state index contributed by atoms with van der Waals surface area (Å²) in [7, 11) is 0. The van der Waals surface area contributed by atoms with Crippen molar-refractivity contribution in [3.8, 4) is 23.0 Å². The van der Waals surface area contributed by atoms with Gasteiger partial charge in [0.25, 0.3) is 0 Å². The number of nitrogens with one attached hydrogen (secondary N) is 6. The summed E-state index contributed by atoms with van der Waals surface area (Å²) < 4.78 is 221. The van der Waals surface area contributed by atoms with Crippen molar-refractivity contribution < 1.29 is 84.8 Å². The molecule has 0 spiro atoms. The fourth-order valence-electron chi connectivity index (χ4n) is 13.3. The molecule has 9 aromatic rings. The molecular weight excluding hydrogens is 1770 g/mol. The van der Waals surface area contributed by atoms with Crippen molar-refractivity contribution in [2.24, 2.45) is 57.4 Å². The van der Waals surface area contributed by atoms with E-state index in [9.17, 15) is 39.5 Å². The lowest BCUT2D eigenvalue weighted by molar-refractivity contribution is -0.275. The van der Waals surface area contributed by atoms with E-state index >= 15 is 26.3 Å². The molecule has 3 atom stereocenters. The standard InChI is InChI=1S/C86H74ClF15N18O4S3/c1-4-59-21-22-63(52(3)74(59)120-51(2)36-37-125-81(120)117-114-43-55-12-19-62(20-13-55)78(105)111-50-108-66-27-33-69(34-28-66)123-85(97,98)99)39-58-44-118(79(126-47-58)115-112-41-53-8-15-60(16-9-53)76(103)109-48-106-64-23-29-67(30-24-64)121-83(91,92)93)72-35-14-56(40-73(72)124-86(100,101)102)38-57-45-119(75-70(82(88,89)90)6-5-7-71(75)87)80(127-46-57)116-113-42-54-10-17-61(18-11-54)77(104)110-49-107-65-25-31-68(32-26-65)122-84(94,95)96/h5-35,40-43,48-51,57-58H,4,36-39,44-47H2,1-3H3,(H2,103,106,109)(H2,104,107,110)(H2,105,108,111)/b112-41+,113-42+,114-43+,115-79-,116-80-,117-81-. The van der Waals surface area contributed by atoms with Crippen molar-refractivity contribution in [2.75, 3.05) is 61.0 Å². The van der Waals surface area contributed by atoms with Gasteiger partial charge >= 0.3 is 31.6 Å². The van der Waals surface area contributed by atoms with Crippen LogP contribution in [0.2, 0.25) is 5.02 Å². The van der Waals surface area contributed by atoms with Crippen LogP contribution in [-0.4, -0.2) is 133 Å². The number of ether oxygens (including phenoxy) is 4. The lowest BCUT2D eigenvalue weighted by Gasteiger charge is -2.38. The first-order valence-electron chi connectivity index (χ1n) is 38.4. The second kappa shape index (κ2) is 41.6. The van der Waals surface area contributed by atoms with E-state index in [0.29, 0.717) is 79.8 Å². The molecule has 6 N–H and O–H groups in total. The van der Waals surface area contributed by atoms with Crippen molar-refractivity contribution in [1.82, 2.24) is 0 Å². The Morgan fingerprint density at radius 2 is 0.882 bits per heavy atom. The Hall–Kier alpha value is -12.7. The number of nitrogens with zero attached hydrogens (tertiary/aromatic N) is 12. The number of benzene rings is 9. The third-order valence-corrected chi connectivity index (χ3v) is 22.9. The molecule has 0 aliphatic carbocycles. The molecule has 41 heteroatoms. The molecule has 3 aliphatic rings. The number of amidine groups is 6. The minimum atomic E-state index is -5.26. The van der Waals surface area contributed by atoms with E-state index in [4.69, 9.17) is 37.7 Å². The van der Waals surface area contributed by atoms with Crippen LogP contribution in [-0.2, 0) is 25.4 Å². The third kappa shape index (κ3) is 27.2. The Balaban J connectivity index is 0.788. The van der Waals surface area contributed by atoms with Gasteiger partial charge in [0.1, 0.15) is 17.2 Å². The maximum atomic E-state index is 15.1. The zero-order valence-corrected chi connectivity index (χ0v) is 70.0. The van der Waals surface area contributed by atoms with Crippen molar-refractivity contribution in [2.45, 2.75) is 84.1 Å². The highest BCUT2D eigenvalue weighted by Crippen LogP contribution is 2.46. The third-order valence-electron chi connectivity index (χ3n) is 19.2. The van der Waals surface area contributed by atoms with Crippen LogP contribution in [0.5, 0.6) is 23.0 Å². The summed E-state index contributed by atoms with van der Waals surface area (Å²) in [6.07, 6.45) is -15.0. The number of thioether (sulfide) groups is 3. The highest BCUT2D eigenvalue weighted by atomic mass is 35.5. The van der Waals surface area contributed by atoms with Crippen molar-refractivity contribution in [1.29, 1.82) is 16.2 Å². The first-order chi connectivity index (χ1) is 60.4. The van der Waals surface area contributed by atoms with Crippen LogP contribution in [0.15, 0.2) is 240 Å². The van der Waals surface area contributed by atoms with Crippen molar-refractivity contribution in [3.05, 3.63) is 260 Å². The molecule has 22 nitrogen and oxygen atoms in total. The number of hydrogen-bond acceptors (Lipinski definition) is 16. The molecule has 0 saturated carbocycles. The summed E-state index contributed by atoms with van der Waals surface area (Å²) in [4.78, 5) is 17.3. The maximum Gasteiger partial charge on any atom is 0.573 e. The molecule has 3 heterocycles. The molecule has 127 heavy (non-hydrogen) atoms. The van der Waals surface area contributed by atoms with Crippen LogP contribution >= 0.6 is 46.9 Å².